The van der Waals surface area contributed by atoms with Gasteiger partial charge in [0.15, 0.2) is 0 Å². The Labute approximate surface area is 119 Å². The molecular weight excluding hydrogens is 280 g/mol. The monoisotopic (exact) mass is 294 g/mol. The van der Waals surface area contributed by atoms with Gasteiger partial charge in [0.25, 0.3) is 5.91 Å². The number of hydrogen-bond acceptors (Lipinski definition) is 7. The zero-order valence-electron chi connectivity index (χ0n) is 11.2. The maximum atomic E-state index is 12.1. The van der Waals surface area contributed by atoms with E-state index in [0.29, 0.717) is 22.1 Å². The van der Waals surface area contributed by atoms with E-state index in [0.717, 1.165) is 24.5 Å². The first-order valence-corrected chi connectivity index (χ1v) is 7.16. The highest BCUT2D eigenvalue weighted by molar-refractivity contribution is 7.15. The van der Waals surface area contributed by atoms with E-state index in [1.54, 1.807) is 13.8 Å². The summed E-state index contributed by atoms with van der Waals surface area (Å²) in [6.07, 6.45) is 1.99. The molecule has 0 spiro atoms. The molecule has 1 atom stereocenters. The molecule has 1 saturated heterocycles. The molecule has 7 nitrogen and oxygen atoms in total. The molecule has 3 rings (SSSR count). The zero-order chi connectivity index (χ0) is 14.1. The number of amides is 1. The Morgan fingerprint density at radius 1 is 1.40 bits per heavy atom. The second-order valence-corrected chi connectivity index (χ2v) is 5.61. The fourth-order valence-electron chi connectivity index (χ4n) is 2.15. The number of carbonyl (C=O) groups excluding carboxylic acids is 1. The molecule has 1 fully saturated rings. The fraction of sp³-hybridized carbons (Fsp3) is 0.500. The average molecular weight is 294 g/mol. The Hall–Kier alpha value is -1.80. The third-order valence-corrected chi connectivity index (χ3v) is 4.06. The van der Waals surface area contributed by atoms with E-state index in [1.165, 1.54) is 11.3 Å². The fourth-order valence-corrected chi connectivity index (χ4v) is 2.98. The van der Waals surface area contributed by atoms with Gasteiger partial charge in [0.2, 0.25) is 5.13 Å². The van der Waals surface area contributed by atoms with Crippen molar-refractivity contribution in [2.45, 2.75) is 32.8 Å². The van der Waals surface area contributed by atoms with Gasteiger partial charge in [-0.25, -0.2) is 0 Å². The summed E-state index contributed by atoms with van der Waals surface area (Å²) in [4.78, 5) is 12.1. The van der Waals surface area contributed by atoms with Crippen molar-refractivity contribution in [2.24, 2.45) is 0 Å². The summed E-state index contributed by atoms with van der Waals surface area (Å²) in [5.74, 6) is 0.208. The van der Waals surface area contributed by atoms with Gasteiger partial charge in [-0.1, -0.05) is 16.5 Å². The van der Waals surface area contributed by atoms with Crippen LogP contribution in [0.4, 0.5) is 5.13 Å². The third-order valence-electron chi connectivity index (χ3n) is 3.13. The molecule has 3 heterocycles. The number of ether oxygens (including phenoxy) is 1. The zero-order valence-corrected chi connectivity index (χ0v) is 12.0. The Morgan fingerprint density at radius 2 is 2.25 bits per heavy atom. The minimum atomic E-state index is -0.281. The van der Waals surface area contributed by atoms with E-state index in [9.17, 15) is 4.79 Å². The van der Waals surface area contributed by atoms with Gasteiger partial charge in [0.05, 0.1) is 5.69 Å². The van der Waals surface area contributed by atoms with Crippen LogP contribution >= 0.6 is 11.3 Å². The number of nitrogens with zero attached hydrogens (tertiary/aromatic N) is 3. The van der Waals surface area contributed by atoms with Crippen molar-refractivity contribution in [3.05, 3.63) is 22.0 Å². The number of aryl methyl sites for hydroxylation is 2. The Balaban J connectivity index is 1.73. The molecule has 0 saturated carbocycles. The Bertz CT molecular complexity index is 611. The van der Waals surface area contributed by atoms with E-state index in [4.69, 9.17) is 9.26 Å². The van der Waals surface area contributed by atoms with Crippen LogP contribution in [0.25, 0.3) is 0 Å². The molecule has 2 aromatic heterocycles. The lowest BCUT2D eigenvalue weighted by Crippen LogP contribution is -2.13. The van der Waals surface area contributed by atoms with Crippen molar-refractivity contribution in [3.8, 4) is 0 Å². The van der Waals surface area contributed by atoms with Crippen LogP contribution in [0.5, 0.6) is 0 Å². The second kappa shape index (κ2) is 5.29. The lowest BCUT2D eigenvalue weighted by molar-refractivity contribution is 0.102. The first kappa shape index (κ1) is 13.2. The summed E-state index contributed by atoms with van der Waals surface area (Å²) in [5.41, 5.74) is 1.00. The predicted molar refractivity (Wildman–Crippen MR) is 71.8 cm³/mol. The summed E-state index contributed by atoms with van der Waals surface area (Å²) < 4.78 is 10.5. The van der Waals surface area contributed by atoms with Crippen molar-refractivity contribution in [1.29, 1.82) is 0 Å². The maximum Gasteiger partial charge on any atom is 0.263 e. The maximum absolute atomic E-state index is 12.1. The highest BCUT2D eigenvalue weighted by Gasteiger charge is 2.23. The number of nitrogens with one attached hydrogen (secondary N) is 1. The van der Waals surface area contributed by atoms with Gasteiger partial charge in [-0.2, -0.15) is 0 Å². The predicted octanol–water partition coefficient (Wildman–Crippen LogP) is 2.25. The van der Waals surface area contributed by atoms with Crippen molar-refractivity contribution < 1.29 is 14.1 Å². The quantitative estimate of drug-likeness (QED) is 0.933. The van der Waals surface area contributed by atoms with E-state index in [-0.39, 0.29) is 12.0 Å². The van der Waals surface area contributed by atoms with Gasteiger partial charge in [-0.05, 0) is 26.7 Å². The highest BCUT2D eigenvalue weighted by atomic mass is 32.1. The first-order chi connectivity index (χ1) is 9.65. The number of rotatable bonds is 3. The number of hydrogen-bond donors (Lipinski definition) is 1. The molecule has 2 aromatic rings. The summed E-state index contributed by atoms with van der Waals surface area (Å²) >= 11 is 1.34. The molecule has 1 amide bonds. The van der Waals surface area contributed by atoms with Gasteiger partial charge in [0, 0.05) is 6.61 Å². The summed E-state index contributed by atoms with van der Waals surface area (Å²) in [6, 6.07) is 0. The van der Waals surface area contributed by atoms with Crippen LogP contribution < -0.4 is 5.32 Å². The average Bonchev–Trinajstić information content (AvgIpc) is 3.10. The molecule has 1 aliphatic rings. The summed E-state index contributed by atoms with van der Waals surface area (Å²) in [6.45, 7) is 4.18. The van der Waals surface area contributed by atoms with Crippen molar-refractivity contribution in [2.75, 3.05) is 11.9 Å². The van der Waals surface area contributed by atoms with Crippen molar-refractivity contribution in [1.82, 2.24) is 15.4 Å². The molecular formula is C12H14N4O3S. The van der Waals surface area contributed by atoms with Gasteiger partial charge in [0.1, 0.15) is 22.4 Å². The lowest BCUT2D eigenvalue weighted by Gasteiger charge is -2.02. The van der Waals surface area contributed by atoms with Crippen LogP contribution in [0.15, 0.2) is 4.52 Å². The SMILES string of the molecule is Cc1noc(C)c1C(=O)Nc1nnc(C2CCCO2)s1. The van der Waals surface area contributed by atoms with Crippen LogP contribution in [0.1, 0.15) is 45.8 Å². The minimum absolute atomic E-state index is 0.0113. The van der Waals surface area contributed by atoms with Crippen LogP contribution in [-0.4, -0.2) is 27.9 Å². The van der Waals surface area contributed by atoms with Gasteiger partial charge >= 0.3 is 0 Å². The van der Waals surface area contributed by atoms with Crippen molar-refractivity contribution >= 4 is 22.4 Å². The highest BCUT2D eigenvalue weighted by Crippen LogP contribution is 2.32. The number of aromatic nitrogens is 3. The molecule has 0 radical (unpaired) electrons. The normalized spacial score (nSPS) is 18.4. The Kier molecular flexibility index (Phi) is 3.49. The van der Waals surface area contributed by atoms with E-state index >= 15 is 0 Å². The van der Waals surface area contributed by atoms with Crippen LogP contribution in [-0.2, 0) is 4.74 Å². The molecule has 0 bridgehead atoms. The lowest BCUT2D eigenvalue weighted by atomic mass is 10.2. The Morgan fingerprint density at radius 3 is 2.90 bits per heavy atom. The smallest absolute Gasteiger partial charge is 0.263 e. The molecule has 1 N–H and O–H groups in total. The summed E-state index contributed by atoms with van der Waals surface area (Å²) in [7, 11) is 0. The standard InChI is InChI=1S/C12H14N4O3S/c1-6-9(7(2)19-16-6)10(17)13-12-15-14-11(20-12)8-4-3-5-18-8/h8H,3-5H2,1-2H3,(H,13,15,17). The van der Waals surface area contributed by atoms with Gasteiger partial charge < -0.3 is 9.26 Å². The van der Waals surface area contributed by atoms with Crippen LogP contribution in [0, 0.1) is 13.8 Å². The molecule has 1 unspecified atom stereocenters. The second-order valence-electron chi connectivity index (χ2n) is 4.60. The van der Waals surface area contributed by atoms with Crippen molar-refractivity contribution in [3.63, 3.8) is 0 Å². The van der Waals surface area contributed by atoms with Gasteiger partial charge in [-0.15, -0.1) is 10.2 Å². The molecule has 0 aromatic carbocycles. The van der Waals surface area contributed by atoms with E-state index < -0.39 is 0 Å². The van der Waals surface area contributed by atoms with E-state index in [1.807, 2.05) is 0 Å². The van der Waals surface area contributed by atoms with Crippen LogP contribution in [0.2, 0.25) is 0 Å². The minimum Gasteiger partial charge on any atom is -0.371 e. The third kappa shape index (κ3) is 2.44. The van der Waals surface area contributed by atoms with E-state index in [2.05, 4.69) is 20.7 Å². The molecule has 1 aliphatic heterocycles. The molecule has 0 aliphatic carbocycles. The largest absolute Gasteiger partial charge is 0.371 e. The van der Waals surface area contributed by atoms with Crippen LogP contribution in [0.3, 0.4) is 0 Å². The topological polar surface area (TPSA) is 90.1 Å². The molecule has 106 valence electrons. The number of carbonyl (C=O) groups is 1. The van der Waals surface area contributed by atoms with Gasteiger partial charge in [-0.3, -0.25) is 10.1 Å². The first-order valence-electron chi connectivity index (χ1n) is 6.34. The summed E-state index contributed by atoms with van der Waals surface area (Å²) in [5, 5.41) is 15.8. The molecule has 20 heavy (non-hydrogen) atoms. The number of anilines is 1. The molecule has 8 heteroatoms.